The second-order valence-corrected chi connectivity index (χ2v) is 12.4. The minimum absolute atomic E-state index is 0.0871. The zero-order valence-corrected chi connectivity index (χ0v) is 20.9. The molecule has 8 nitrogen and oxygen atoms in total. The molecule has 11 atom stereocenters. The van der Waals surface area contributed by atoms with E-state index in [2.05, 4.69) is 33.8 Å². The van der Waals surface area contributed by atoms with Crippen molar-refractivity contribution in [2.24, 2.45) is 28.1 Å². The number of aliphatic hydroxyl groups is 6. The van der Waals surface area contributed by atoms with Gasteiger partial charge in [-0.3, -0.25) is 0 Å². The van der Waals surface area contributed by atoms with Crippen molar-refractivity contribution < 1.29 is 40.1 Å². The van der Waals surface area contributed by atoms with Crippen LogP contribution >= 0.6 is 0 Å². The highest BCUT2D eigenvalue weighted by Crippen LogP contribution is 2.63. The summed E-state index contributed by atoms with van der Waals surface area (Å²) in [5.74, 6) is 0.881. The Hall–Kier alpha value is -0.580. The average Bonchev–Trinajstić information content (AvgIpc) is 2.79. The lowest BCUT2D eigenvalue weighted by atomic mass is 9.45. The molecule has 1 heterocycles. The van der Waals surface area contributed by atoms with Crippen LogP contribution in [0.5, 0.6) is 0 Å². The maximum atomic E-state index is 11.1. The second-order valence-electron chi connectivity index (χ2n) is 12.4. The molecule has 0 spiro atoms. The average molecular weight is 485 g/mol. The number of hydrogen-bond donors (Lipinski definition) is 6. The van der Waals surface area contributed by atoms with E-state index in [0.717, 1.165) is 38.5 Å². The van der Waals surface area contributed by atoms with E-state index in [9.17, 15) is 30.6 Å². The summed E-state index contributed by atoms with van der Waals surface area (Å²) in [6, 6.07) is 0. The van der Waals surface area contributed by atoms with E-state index in [4.69, 9.17) is 9.47 Å². The van der Waals surface area contributed by atoms with Gasteiger partial charge in [-0.1, -0.05) is 39.3 Å². The molecule has 0 bridgehead atoms. The van der Waals surface area contributed by atoms with Gasteiger partial charge in [-0.25, -0.2) is 0 Å². The van der Waals surface area contributed by atoms with Crippen molar-refractivity contribution in [3.63, 3.8) is 0 Å². The summed E-state index contributed by atoms with van der Waals surface area (Å²) in [6.45, 7) is 8.25. The molecule has 1 saturated heterocycles. The molecule has 0 aromatic heterocycles. The summed E-state index contributed by atoms with van der Waals surface area (Å²) in [6.07, 6.45) is -0.0602. The maximum absolute atomic E-state index is 11.1. The van der Waals surface area contributed by atoms with Crippen molar-refractivity contribution >= 4 is 0 Å². The molecule has 196 valence electrons. The Bertz CT molecular complexity index is 768. The molecular formula is C26H44O8. The first kappa shape index (κ1) is 26.5. The van der Waals surface area contributed by atoms with Gasteiger partial charge in [0, 0.05) is 0 Å². The van der Waals surface area contributed by atoms with E-state index in [-0.39, 0.29) is 23.5 Å². The molecule has 1 aliphatic heterocycles. The van der Waals surface area contributed by atoms with Crippen LogP contribution in [-0.2, 0) is 9.47 Å². The molecule has 6 N–H and O–H groups in total. The van der Waals surface area contributed by atoms with Crippen molar-refractivity contribution in [1.82, 2.24) is 0 Å². The van der Waals surface area contributed by atoms with Gasteiger partial charge in [-0.15, -0.1) is 0 Å². The Labute approximate surface area is 202 Å². The summed E-state index contributed by atoms with van der Waals surface area (Å²) >= 11 is 0. The molecule has 34 heavy (non-hydrogen) atoms. The molecular weight excluding hydrogens is 440 g/mol. The summed E-state index contributed by atoms with van der Waals surface area (Å²) in [7, 11) is 0. The van der Waals surface area contributed by atoms with E-state index in [1.807, 2.05) is 0 Å². The highest BCUT2D eigenvalue weighted by Gasteiger charge is 2.57. The minimum Gasteiger partial charge on any atom is -0.394 e. The van der Waals surface area contributed by atoms with Gasteiger partial charge in [0.1, 0.15) is 24.4 Å². The van der Waals surface area contributed by atoms with Crippen molar-refractivity contribution in [3.8, 4) is 0 Å². The fourth-order valence-corrected chi connectivity index (χ4v) is 7.52. The van der Waals surface area contributed by atoms with Gasteiger partial charge in [0.15, 0.2) is 6.29 Å². The predicted molar refractivity (Wildman–Crippen MR) is 124 cm³/mol. The zero-order valence-electron chi connectivity index (χ0n) is 20.9. The van der Waals surface area contributed by atoms with E-state index < -0.39 is 48.8 Å². The first-order chi connectivity index (χ1) is 15.8. The lowest BCUT2D eigenvalue weighted by molar-refractivity contribution is -0.306. The van der Waals surface area contributed by atoms with E-state index >= 15 is 0 Å². The van der Waals surface area contributed by atoms with Gasteiger partial charge < -0.3 is 40.1 Å². The molecule has 0 radical (unpaired) electrons. The third-order valence-corrected chi connectivity index (χ3v) is 10.1. The second kappa shape index (κ2) is 9.38. The first-order valence-electron chi connectivity index (χ1n) is 12.8. The summed E-state index contributed by atoms with van der Waals surface area (Å²) in [5, 5.41) is 61.3. The SMILES string of the molecule is CC1(C)[C@H]2CC=C3C[C@@](C)([C@H](O)CO[C@@H]4O[C@H](CO)[C@@H](O)[C@H](O)[C@H]4O)CC[C@H]3[C@]2(C)CC[C@@H]1O. The molecule has 0 aromatic rings. The Morgan fingerprint density at radius 1 is 1.03 bits per heavy atom. The molecule has 4 aliphatic rings. The van der Waals surface area contributed by atoms with Crippen LogP contribution in [0.2, 0.25) is 0 Å². The smallest absolute Gasteiger partial charge is 0.186 e. The number of allylic oxidation sites excluding steroid dienone is 2. The normalized spacial score (nSPS) is 49.5. The van der Waals surface area contributed by atoms with Crippen molar-refractivity contribution in [3.05, 3.63) is 11.6 Å². The molecule has 2 saturated carbocycles. The van der Waals surface area contributed by atoms with Crippen LogP contribution in [-0.4, -0.2) is 86.8 Å². The van der Waals surface area contributed by atoms with Crippen LogP contribution in [0, 0.1) is 28.1 Å². The zero-order chi connectivity index (χ0) is 25.1. The highest BCUT2D eigenvalue weighted by atomic mass is 16.7. The number of rotatable bonds is 5. The first-order valence-corrected chi connectivity index (χ1v) is 12.8. The lowest BCUT2D eigenvalue weighted by Gasteiger charge is -2.60. The van der Waals surface area contributed by atoms with Gasteiger partial charge in [-0.2, -0.15) is 0 Å². The Balaban J connectivity index is 1.42. The number of ether oxygens (including phenoxy) is 2. The summed E-state index contributed by atoms with van der Waals surface area (Å²) in [4.78, 5) is 0. The maximum Gasteiger partial charge on any atom is 0.186 e. The van der Waals surface area contributed by atoms with E-state index in [0.29, 0.717) is 11.8 Å². The number of hydrogen-bond acceptors (Lipinski definition) is 8. The van der Waals surface area contributed by atoms with Gasteiger partial charge in [-0.05, 0) is 66.6 Å². The minimum atomic E-state index is -1.50. The number of aliphatic hydroxyl groups excluding tert-OH is 6. The summed E-state index contributed by atoms with van der Waals surface area (Å²) in [5.41, 5.74) is 1.02. The largest absolute Gasteiger partial charge is 0.394 e. The predicted octanol–water partition coefficient (Wildman–Crippen LogP) is 1.10. The Morgan fingerprint density at radius 3 is 2.41 bits per heavy atom. The van der Waals surface area contributed by atoms with Crippen LogP contribution in [0.1, 0.15) is 66.2 Å². The van der Waals surface area contributed by atoms with Crippen LogP contribution in [0.15, 0.2) is 11.6 Å². The van der Waals surface area contributed by atoms with Crippen LogP contribution in [0.3, 0.4) is 0 Å². The molecule has 4 rings (SSSR count). The van der Waals surface area contributed by atoms with Gasteiger partial charge in [0.25, 0.3) is 0 Å². The Morgan fingerprint density at radius 2 is 1.74 bits per heavy atom. The van der Waals surface area contributed by atoms with Crippen LogP contribution in [0.25, 0.3) is 0 Å². The quantitative estimate of drug-likeness (QED) is 0.319. The molecule has 0 unspecified atom stereocenters. The van der Waals surface area contributed by atoms with Gasteiger partial charge in [0.05, 0.1) is 25.4 Å². The highest BCUT2D eigenvalue weighted by molar-refractivity contribution is 5.24. The van der Waals surface area contributed by atoms with Crippen molar-refractivity contribution in [2.45, 2.75) is 109 Å². The van der Waals surface area contributed by atoms with Crippen molar-refractivity contribution in [2.75, 3.05) is 13.2 Å². The third kappa shape index (κ3) is 4.28. The van der Waals surface area contributed by atoms with Crippen LogP contribution in [0.4, 0.5) is 0 Å². The standard InChI is InChI=1S/C26H44O8/c1-24(2)17-6-5-14-11-25(3,9-7-15(14)26(17,4)10-8-18(24)28)19(29)13-33-23-22(32)21(31)20(30)16(12-27)34-23/h5,15-23,27-32H,6-13H2,1-4H3/t15-,16-,17-,18+,19-,20-,21+,22-,23-,25+,26+/m1/s1. The molecule has 3 aliphatic carbocycles. The topological polar surface area (TPSA) is 140 Å². The fraction of sp³-hybridized carbons (Fsp3) is 0.923. The molecule has 3 fully saturated rings. The van der Waals surface area contributed by atoms with Crippen LogP contribution < -0.4 is 0 Å². The number of fused-ring (bicyclic) bond motifs is 3. The monoisotopic (exact) mass is 484 g/mol. The van der Waals surface area contributed by atoms with E-state index in [1.54, 1.807) is 0 Å². The van der Waals surface area contributed by atoms with Crippen molar-refractivity contribution in [1.29, 1.82) is 0 Å². The van der Waals surface area contributed by atoms with Gasteiger partial charge >= 0.3 is 0 Å². The molecule has 0 amide bonds. The third-order valence-electron chi connectivity index (χ3n) is 10.1. The molecule has 8 heteroatoms. The van der Waals surface area contributed by atoms with E-state index in [1.165, 1.54) is 5.57 Å². The Kier molecular flexibility index (Phi) is 7.30. The fourth-order valence-electron chi connectivity index (χ4n) is 7.52. The van der Waals surface area contributed by atoms with Gasteiger partial charge in [0.2, 0.25) is 0 Å². The summed E-state index contributed by atoms with van der Waals surface area (Å²) < 4.78 is 11.1. The lowest BCUT2D eigenvalue weighted by Crippen LogP contribution is -2.59. The molecule has 0 aromatic carbocycles.